The van der Waals surface area contributed by atoms with Gasteiger partial charge in [0.1, 0.15) is 0 Å². The van der Waals surface area contributed by atoms with Crippen molar-refractivity contribution in [3.8, 4) is 0 Å². The molecule has 0 unspecified atom stereocenters. The normalized spacial score (nSPS) is 14.0. The minimum absolute atomic E-state index is 0.0433. The van der Waals surface area contributed by atoms with Crippen LogP contribution in [0.2, 0.25) is 0 Å². The molecule has 23 heavy (non-hydrogen) atoms. The summed E-state index contributed by atoms with van der Waals surface area (Å²) in [4.78, 5) is 18.1. The summed E-state index contributed by atoms with van der Waals surface area (Å²) in [5.41, 5.74) is 6.42. The summed E-state index contributed by atoms with van der Waals surface area (Å²) in [5.74, 6) is 0. The fraction of sp³-hybridized carbons (Fsp3) is 0.200. The molecule has 5 rings (SSSR count). The molecule has 0 radical (unpaired) electrons. The van der Waals surface area contributed by atoms with Crippen molar-refractivity contribution < 1.29 is 0 Å². The molecule has 0 saturated heterocycles. The van der Waals surface area contributed by atoms with Crippen molar-refractivity contribution >= 4 is 27.3 Å². The van der Waals surface area contributed by atoms with Crippen LogP contribution >= 0.6 is 0 Å². The first-order chi connectivity index (χ1) is 11.3. The van der Waals surface area contributed by atoms with E-state index in [2.05, 4.69) is 25.1 Å². The maximum Gasteiger partial charge on any atom is 0.265 e. The highest BCUT2D eigenvalue weighted by molar-refractivity contribution is 5.96. The lowest BCUT2D eigenvalue weighted by molar-refractivity contribution is 0.789. The molecule has 0 fully saturated rings. The lowest BCUT2D eigenvalue weighted by atomic mass is 9.97. The molecule has 0 N–H and O–H groups in total. The number of hydrogen-bond donors (Lipinski definition) is 0. The number of fused-ring (bicyclic) bond motifs is 4. The molecule has 1 aliphatic rings. The first kappa shape index (κ1) is 12.8. The molecule has 0 amide bonds. The molecule has 2 aromatic carbocycles. The van der Waals surface area contributed by atoms with E-state index in [0.717, 1.165) is 47.1 Å². The first-order valence-electron chi connectivity index (χ1n) is 8.10. The number of benzene rings is 2. The van der Waals surface area contributed by atoms with E-state index < -0.39 is 0 Å². The van der Waals surface area contributed by atoms with Crippen LogP contribution in [-0.4, -0.2) is 9.38 Å². The Bertz CT molecular complexity index is 1170. The summed E-state index contributed by atoms with van der Waals surface area (Å²) < 4.78 is 1.92. The molecule has 3 nitrogen and oxygen atoms in total. The zero-order chi connectivity index (χ0) is 15.6. The maximum atomic E-state index is 13.3. The van der Waals surface area contributed by atoms with Gasteiger partial charge in [0.05, 0.1) is 27.6 Å². The molecule has 112 valence electrons. The Morgan fingerprint density at radius 3 is 2.70 bits per heavy atom. The number of para-hydroxylation sites is 2. The number of nitrogens with zero attached hydrogens (tertiary/aromatic N) is 2. The fourth-order valence-corrected chi connectivity index (χ4v) is 4.01. The summed E-state index contributed by atoms with van der Waals surface area (Å²) in [6.45, 7) is 2.08. The molecule has 3 heteroatoms. The Labute approximate surface area is 133 Å². The lowest BCUT2D eigenvalue weighted by Crippen LogP contribution is -2.11. The topological polar surface area (TPSA) is 34.4 Å². The second kappa shape index (κ2) is 4.42. The van der Waals surface area contributed by atoms with E-state index in [0.29, 0.717) is 5.39 Å². The molecule has 2 heterocycles. The van der Waals surface area contributed by atoms with Gasteiger partial charge in [-0.05, 0) is 49.4 Å². The zero-order valence-electron chi connectivity index (χ0n) is 13.0. The molecule has 1 aliphatic carbocycles. The number of hydrogen-bond acceptors (Lipinski definition) is 2. The average molecular weight is 300 g/mol. The Morgan fingerprint density at radius 1 is 0.957 bits per heavy atom. The van der Waals surface area contributed by atoms with Crippen molar-refractivity contribution in [2.75, 3.05) is 0 Å². The summed E-state index contributed by atoms with van der Waals surface area (Å²) in [6.07, 6.45) is 3.05. The smallest absolute Gasteiger partial charge is 0.265 e. The molecule has 0 aliphatic heterocycles. The third-order valence-corrected chi connectivity index (χ3v) is 5.00. The van der Waals surface area contributed by atoms with Crippen LogP contribution in [0.5, 0.6) is 0 Å². The Hall–Kier alpha value is -2.68. The van der Waals surface area contributed by atoms with Crippen molar-refractivity contribution in [2.24, 2.45) is 0 Å². The van der Waals surface area contributed by atoms with Crippen molar-refractivity contribution in [3.05, 3.63) is 69.6 Å². The molecular weight excluding hydrogens is 284 g/mol. The van der Waals surface area contributed by atoms with Gasteiger partial charge in [0.25, 0.3) is 5.56 Å². The monoisotopic (exact) mass is 300 g/mol. The second-order valence-corrected chi connectivity index (χ2v) is 6.37. The molecule has 4 aromatic rings. The van der Waals surface area contributed by atoms with E-state index in [-0.39, 0.29) is 5.56 Å². The van der Waals surface area contributed by atoms with Gasteiger partial charge in [-0.15, -0.1) is 0 Å². The largest absolute Gasteiger partial charge is 0.274 e. The Balaban J connectivity index is 2.23. The fourth-order valence-electron chi connectivity index (χ4n) is 4.01. The third-order valence-electron chi connectivity index (χ3n) is 5.00. The van der Waals surface area contributed by atoms with E-state index in [1.807, 2.05) is 28.7 Å². The standard InChI is InChI=1S/C20H16N2O/c1-12-6-4-8-13-14-9-5-11-17-19(14)22(18(12)13)20(23)15-7-2-3-10-16(15)21-17/h2-4,6-8,10H,5,9,11H2,1H3. The molecule has 0 spiro atoms. The number of aromatic nitrogens is 2. The minimum atomic E-state index is 0.0433. The van der Waals surface area contributed by atoms with Crippen LogP contribution in [0.15, 0.2) is 47.3 Å². The highest BCUT2D eigenvalue weighted by Gasteiger charge is 2.22. The van der Waals surface area contributed by atoms with Gasteiger partial charge in [-0.2, -0.15) is 0 Å². The van der Waals surface area contributed by atoms with E-state index in [1.54, 1.807) is 0 Å². The minimum Gasteiger partial charge on any atom is -0.274 e. The van der Waals surface area contributed by atoms with Gasteiger partial charge in [0, 0.05) is 5.39 Å². The van der Waals surface area contributed by atoms with Gasteiger partial charge in [-0.1, -0.05) is 30.3 Å². The Morgan fingerprint density at radius 2 is 1.78 bits per heavy atom. The summed E-state index contributed by atoms with van der Waals surface area (Å²) >= 11 is 0. The first-order valence-corrected chi connectivity index (χ1v) is 8.10. The Kier molecular flexibility index (Phi) is 2.46. The van der Waals surface area contributed by atoms with Crippen LogP contribution in [0, 0.1) is 6.92 Å². The molecule has 0 bridgehead atoms. The van der Waals surface area contributed by atoms with Gasteiger partial charge in [-0.3, -0.25) is 14.2 Å². The summed E-state index contributed by atoms with van der Waals surface area (Å²) in [7, 11) is 0. The predicted molar refractivity (Wildman–Crippen MR) is 93.2 cm³/mol. The molecular formula is C20H16N2O. The molecule has 0 saturated carbocycles. The van der Waals surface area contributed by atoms with Crippen LogP contribution < -0.4 is 5.56 Å². The van der Waals surface area contributed by atoms with Crippen molar-refractivity contribution in [2.45, 2.75) is 26.2 Å². The second-order valence-electron chi connectivity index (χ2n) is 6.37. The van der Waals surface area contributed by atoms with E-state index in [9.17, 15) is 4.79 Å². The van der Waals surface area contributed by atoms with Crippen molar-refractivity contribution in [3.63, 3.8) is 0 Å². The van der Waals surface area contributed by atoms with Gasteiger partial charge in [-0.25, -0.2) is 0 Å². The van der Waals surface area contributed by atoms with E-state index in [1.165, 1.54) is 10.9 Å². The molecule has 2 aromatic heterocycles. The summed E-state index contributed by atoms with van der Waals surface area (Å²) in [6, 6.07) is 14.0. The van der Waals surface area contributed by atoms with Crippen LogP contribution in [-0.2, 0) is 12.8 Å². The van der Waals surface area contributed by atoms with Gasteiger partial charge < -0.3 is 0 Å². The predicted octanol–water partition coefficient (Wildman–Crippen LogP) is 3.80. The van der Waals surface area contributed by atoms with Gasteiger partial charge in [0.2, 0.25) is 0 Å². The highest BCUT2D eigenvalue weighted by Crippen LogP contribution is 2.33. The number of aryl methyl sites for hydroxylation is 3. The van der Waals surface area contributed by atoms with E-state index in [4.69, 9.17) is 4.98 Å². The maximum absolute atomic E-state index is 13.3. The summed E-state index contributed by atoms with van der Waals surface area (Å²) in [5, 5.41) is 1.90. The molecule has 0 atom stereocenters. The van der Waals surface area contributed by atoms with Gasteiger partial charge >= 0.3 is 0 Å². The van der Waals surface area contributed by atoms with Crippen molar-refractivity contribution in [1.82, 2.24) is 9.38 Å². The van der Waals surface area contributed by atoms with Crippen LogP contribution in [0.1, 0.15) is 23.2 Å². The average Bonchev–Trinajstić information content (AvgIpc) is 2.85. The van der Waals surface area contributed by atoms with E-state index >= 15 is 0 Å². The SMILES string of the molecule is Cc1cccc2c3c4c(nc5ccccc5c(=O)n4c12)CCC3. The number of rotatable bonds is 0. The van der Waals surface area contributed by atoms with Gasteiger partial charge in [0.15, 0.2) is 0 Å². The van der Waals surface area contributed by atoms with Crippen LogP contribution in [0.25, 0.3) is 27.3 Å². The van der Waals surface area contributed by atoms with Crippen molar-refractivity contribution in [1.29, 1.82) is 0 Å². The zero-order valence-corrected chi connectivity index (χ0v) is 13.0. The highest BCUT2D eigenvalue weighted by atomic mass is 16.1. The van der Waals surface area contributed by atoms with Crippen LogP contribution in [0.3, 0.4) is 0 Å². The third kappa shape index (κ3) is 1.59. The van der Waals surface area contributed by atoms with Crippen LogP contribution in [0.4, 0.5) is 0 Å². The lowest BCUT2D eigenvalue weighted by Gasteiger charge is -2.09. The quantitative estimate of drug-likeness (QED) is 0.495.